The van der Waals surface area contributed by atoms with E-state index in [1.165, 1.54) is 11.3 Å². The fourth-order valence-electron chi connectivity index (χ4n) is 2.89. The predicted molar refractivity (Wildman–Crippen MR) is 79.8 cm³/mol. The fourth-order valence-corrected chi connectivity index (χ4v) is 5.98. The molecule has 0 spiro atoms. The number of fused-ring (bicyclic) bond motifs is 1. The molecular formula is C12H16ClN3O2S2. The van der Waals surface area contributed by atoms with Crippen LogP contribution in [0.5, 0.6) is 0 Å². The second kappa shape index (κ2) is 4.98. The average Bonchev–Trinajstić information content (AvgIpc) is 2.86. The summed E-state index contributed by atoms with van der Waals surface area (Å²) in [5, 5.41) is 1.96. The molecule has 0 bridgehead atoms. The number of thiazole rings is 1. The molecule has 3 heterocycles. The topological polar surface area (TPSA) is 54.7 Å². The van der Waals surface area contributed by atoms with Gasteiger partial charge >= 0.3 is 0 Å². The van der Waals surface area contributed by atoms with Gasteiger partial charge in [-0.1, -0.05) is 25.4 Å². The first-order chi connectivity index (χ1) is 9.39. The molecule has 110 valence electrons. The van der Waals surface area contributed by atoms with Crippen LogP contribution < -0.4 is 0 Å². The van der Waals surface area contributed by atoms with E-state index in [1.54, 1.807) is 20.3 Å². The van der Waals surface area contributed by atoms with Gasteiger partial charge in [0.2, 0.25) is 0 Å². The highest BCUT2D eigenvalue weighted by molar-refractivity contribution is 7.89. The number of piperidine rings is 1. The van der Waals surface area contributed by atoms with Gasteiger partial charge in [-0.2, -0.15) is 4.31 Å². The van der Waals surface area contributed by atoms with Gasteiger partial charge in [-0.25, -0.2) is 13.4 Å². The Morgan fingerprint density at radius 2 is 2.00 bits per heavy atom. The van der Waals surface area contributed by atoms with Crippen molar-refractivity contribution >= 4 is 37.9 Å². The molecule has 3 rings (SSSR count). The first-order valence-corrected chi connectivity index (χ1v) is 9.20. The number of halogens is 1. The van der Waals surface area contributed by atoms with Gasteiger partial charge in [0.1, 0.15) is 0 Å². The highest BCUT2D eigenvalue weighted by Crippen LogP contribution is 2.31. The molecule has 2 atom stereocenters. The molecule has 20 heavy (non-hydrogen) atoms. The van der Waals surface area contributed by atoms with Crippen molar-refractivity contribution in [2.24, 2.45) is 11.8 Å². The van der Waals surface area contributed by atoms with Gasteiger partial charge in [-0.15, -0.1) is 11.3 Å². The van der Waals surface area contributed by atoms with Crippen LogP contribution in [0.2, 0.25) is 5.15 Å². The van der Waals surface area contributed by atoms with Crippen LogP contribution in [0, 0.1) is 11.8 Å². The number of hydrogen-bond acceptors (Lipinski definition) is 4. The van der Waals surface area contributed by atoms with E-state index in [0.717, 1.165) is 6.42 Å². The Morgan fingerprint density at radius 1 is 1.35 bits per heavy atom. The molecule has 1 aliphatic heterocycles. The summed E-state index contributed by atoms with van der Waals surface area (Å²) in [4.78, 5) is 4.72. The smallest absolute Gasteiger partial charge is 0.262 e. The van der Waals surface area contributed by atoms with Crippen molar-refractivity contribution in [2.75, 3.05) is 13.1 Å². The van der Waals surface area contributed by atoms with E-state index in [2.05, 4.69) is 18.8 Å². The fraction of sp³-hybridized carbons (Fsp3) is 0.583. The molecule has 0 aliphatic carbocycles. The van der Waals surface area contributed by atoms with Crippen molar-refractivity contribution in [3.05, 3.63) is 16.7 Å². The second-order valence-corrected chi connectivity index (χ2v) is 8.62. The van der Waals surface area contributed by atoms with Crippen LogP contribution in [0.15, 0.2) is 16.6 Å². The SMILES string of the molecule is CC1CC(C)CN(S(=O)(=O)c2c(Cl)nc3sccn23)C1. The summed E-state index contributed by atoms with van der Waals surface area (Å²) in [5.74, 6) is 0.719. The summed E-state index contributed by atoms with van der Waals surface area (Å²) in [6, 6.07) is 0. The van der Waals surface area contributed by atoms with Gasteiger partial charge in [0.15, 0.2) is 15.1 Å². The number of nitrogens with zero attached hydrogens (tertiary/aromatic N) is 3. The molecule has 0 amide bonds. The van der Waals surface area contributed by atoms with E-state index < -0.39 is 10.0 Å². The molecule has 1 fully saturated rings. The van der Waals surface area contributed by atoms with Gasteiger partial charge in [0.25, 0.3) is 10.0 Å². The maximum absolute atomic E-state index is 12.9. The lowest BCUT2D eigenvalue weighted by atomic mass is 9.94. The highest BCUT2D eigenvalue weighted by Gasteiger charge is 2.35. The minimum atomic E-state index is -3.60. The summed E-state index contributed by atoms with van der Waals surface area (Å²) in [5.41, 5.74) is 0. The van der Waals surface area contributed by atoms with Gasteiger partial charge in [-0.3, -0.25) is 4.40 Å². The van der Waals surface area contributed by atoms with Gasteiger partial charge in [0.05, 0.1) is 0 Å². The second-order valence-electron chi connectivity index (χ2n) is 5.53. The van der Waals surface area contributed by atoms with E-state index in [9.17, 15) is 8.42 Å². The van der Waals surface area contributed by atoms with Gasteiger partial charge < -0.3 is 0 Å². The van der Waals surface area contributed by atoms with Crippen LogP contribution in [0.1, 0.15) is 20.3 Å². The van der Waals surface area contributed by atoms with E-state index in [-0.39, 0.29) is 10.2 Å². The van der Waals surface area contributed by atoms with Crippen LogP contribution in [0.25, 0.3) is 4.96 Å². The largest absolute Gasteiger partial charge is 0.279 e. The minimum absolute atomic E-state index is 0.0581. The van der Waals surface area contributed by atoms with Crippen molar-refractivity contribution in [1.29, 1.82) is 0 Å². The zero-order chi connectivity index (χ0) is 14.5. The van der Waals surface area contributed by atoms with Crippen molar-refractivity contribution in [3.63, 3.8) is 0 Å². The third-order valence-corrected chi connectivity index (χ3v) is 6.59. The molecule has 2 aromatic heterocycles. The number of hydrogen-bond donors (Lipinski definition) is 0. The molecule has 8 heteroatoms. The number of sulfonamides is 1. The number of imidazole rings is 1. The van der Waals surface area contributed by atoms with Crippen LogP contribution in [0.3, 0.4) is 0 Å². The first kappa shape index (κ1) is 14.3. The Bertz CT molecular complexity index is 727. The maximum Gasteiger partial charge on any atom is 0.262 e. The quantitative estimate of drug-likeness (QED) is 0.849. The minimum Gasteiger partial charge on any atom is -0.279 e. The Balaban J connectivity index is 2.07. The molecule has 0 N–H and O–H groups in total. The zero-order valence-corrected chi connectivity index (χ0v) is 13.7. The van der Waals surface area contributed by atoms with E-state index in [1.807, 2.05) is 0 Å². The highest BCUT2D eigenvalue weighted by atomic mass is 35.5. The lowest BCUT2D eigenvalue weighted by molar-refractivity contribution is 0.222. The third-order valence-electron chi connectivity index (χ3n) is 3.60. The summed E-state index contributed by atoms with van der Waals surface area (Å²) in [7, 11) is -3.60. The Morgan fingerprint density at radius 3 is 2.65 bits per heavy atom. The van der Waals surface area contributed by atoms with Crippen molar-refractivity contribution in [1.82, 2.24) is 13.7 Å². The van der Waals surface area contributed by atoms with Gasteiger partial charge in [-0.05, 0) is 18.3 Å². The van der Waals surface area contributed by atoms with Gasteiger partial charge in [0, 0.05) is 24.7 Å². The first-order valence-electron chi connectivity index (χ1n) is 6.50. The Hall–Kier alpha value is -0.630. The molecule has 0 saturated carbocycles. The normalized spacial score (nSPS) is 25.4. The van der Waals surface area contributed by atoms with Crippen LogP contribution >= 0.6 is 22.9 Å². The number of rotatable bonds is 2. The maximum atomic E-state index is 12.9. The molecule has 1 saturated heterocycles. The summed E-state index contributed by atoms with van der Waals surface area (Å²) in [6.45, 7) is 5.24. The zero-order valence-electron chi connectivity index (χ0n) is 11.3. The standard InChI is InChI=1S/C12H16ClN3O2S2/c1-8-5-9(2)7-15(6-8)20(17,18)11-10(13)14-12-16(11)3-4-19-12/h3-4,8-9H,5-7H2,1-2H3. The van der Waals surface area contributed by atoms with Crippen LogP contribution in [-0.4, -0.2) is 35.2 Å². The summed E-state index contributed by atoms with van der Waals surface area (Å²) < 4.78 is 28.8. The Kier molecular flexibility index (Phi) is 3.56. The molecule has 1 aliphatic rings. The molecule has 0 aromatic carbocycles. The van der Waals surface area contributed by atoms with E-state index in [4.69, 9.17) is 11.6 Å². The lowest BCUT2D eigenvalue weighted by Crippen LogP contribution is -2.42. The molecular weight excluding hydrogens is 318 g/mol. The van der Waals surface area contributed by atoms with Crippen LogP contribution in [-0.2, 0) is 10.0 Å². The lowest BCUT2D eigenvalue weighted by Gasteiger charge is -2.33. The summed E-state index contributed by atoms with van der Waals surface area (Å²) >= 11 is 7.43. The summed E-state index contributed by atoms with van der Waals surface area (Å²) in [6.07, 6.45) is 2.75. The van der Waals surface area contributed by atoms with E-state index in [0.29, 0.717) is 29.9 Å². The monoisotopic (exact) mass is 333 g/mol. The van der Waals surface area contributed by atoms with Crippen molar-refractivity contribution < 1.29 is 8.42 Å². The molecule has 0 radical (unpaired) electrons. The van der Waals surface area contributed by atoms with Crippen molar-refractivity contribution in [3.8, 4) is 0 Å². The average molecular weight is 334 g/mol. The Labute approximate surface area is 127 Å². The molecule has 5 nitrogen and oxygen atoms in total. The number of aromatic nitrogens is 2. The molecule has 2 unspecified atom stereocenters. The molecule has 2 aromatic rings. The predicted octanol–water partition coefficient (Wildman–Crippen LogP) is 2.72. The van der Waals surface area contributed by atoms with Crippen molar-refractivity contribution in [2.45, 2.75) is 25.3 Å². The van der Waals surface area contributed by atoms with E-state index >= 15 is 0 Å². The van der Waals surface area contributed by atoms with Crippen LogP contribution in [0.4, 0.5) is 0 Å². The third kappa shape index (κ3) is 2.26.